The quantitative estimate of drug-likeness (QED) is 0.0498. The van der Waals surface area contributed by atoms with Gasteiger partial charge in [0, 0.05) is 0 Å². The van der Waals surface area contributed by atoms with Crippen LogP contribution in [0.1, 0.15) is 220 Å². The first-order valence-corrected chi connectivity index (χ1v) is 22.4. The second-order valence-corrected chi connectivity index (χ2v) is 14.9. The number of unbranched alkanes of at least 4 members (excludes halogenated alkanes) is 12. The molecule has 2 unspecified atom stereocenters. The van der Waals surface area contributed by atoms with Crippen molar-refractivity contribution in [3.63, 3.8) is 0 Å². The second-order valence-electron chi connectivity index (χ2n) is 14.9. The molecule has 0 aliphatic heterocycles. The Labute approximate surface area is 323 Å². The van der Waals surface area contributed by atoms with E-state index in [1.54, 1.807) is 0 Å². The van der Waals surface area contributed by atoms with E-state index in [1.165, 1.54) is 88.2 Å². The van der Waals surface area contributed by atoms with Crippen molar-refractivity contribution in [3.05, 3.63) is 35.4 Å². The highest BCUT2D eigenvalue weighted by atomic mass is 16.9. The average Bonchev–Trinajstić information content (AvgIpc) is 3.17. The molecule has 0 bridgehead atoms. The van der Waals surface area contributed by atoms with E-state index in [4.69, 9.17) is 28.4 Å². The topological polar surface area (TPSA) is 55.4 Å². The lowest BCUT2D eigenvalue weighted by atomic mass is 9.80. The van der Waals surface area contributed by atoms with Gasteiger partial charge >= 0.3 is 0 Å². The summed E-state index contributed by atoms with van der Waals surface area (Å²) in [6.07, 6.45) is 24.7. The maximum atomic E-state index is 6.83. The van der Waals surface area contributed by atoms with Gasteiger partial charge in [0.25, 0.3) is 11.9 Å². The molecule has 0 aliphatic carbocycles. The van der Waals surface area contributed by atoms with Crippen molar-refractivity contribution in [1.29, 1.82) is 0 Å². The zero-order valence-corrected chi connectivity index (χ0v) is 35.7. The summed E-state index contributed by atoms with van der Waals surface area (Å²) in [7, 11) is 0. The Kier molecular flexibility index (Phi) is 30.4. The molecule has 0 radical (unpaired) electrons. The van der Waals surface area contributed by atoms with Crippen LogP contribution in [0.5, 0.6) is 0 Å². The van der Waals surface area contributed by atoms with E-state index in [2.05, 4.69) is 79.7 Å². The molecule has 2 atom stereocenters. The van der Waals surface area contributed by atoms with Crippen LogP contribution in [0.25, 0.3) is 0 Å². The van der Waals surface area contributed by atoms with Gasteiger partial charge in [0.15, 0.2) is 0 Å². The molecule has 0 amide bonds. The van der Waals surface area contributed by atoms with Crippen molar-refractivity contribution >= 4 is 0 Å². The predicted octanol–water partition coefficient (Wildman–Crippen LogP) is 14.0. The maximum absolute atomic E-state index is 6.83. The summed E-state index contributed by atoms with van der Waals surface area (Å²) in [5.41, 5.74) is 2.43. The first-order valence-electron chi connectivity index (χ1n) is 22.4. The van der Waals surface area contributed by atoms with Gasteiger partial charge in [0.2, 0.25) is 0 Å². The van der Waals surface area contributed by atoms with Gasteiger partial charge in [0.05, 0.1) is 51.5 Å². The van der Waals surface area contributed by atoms with Crippen molar-refractivity contribution in [3.8, 4) is 0 Å². The summed E-state index contributed by atoms with van der Waals surface area (Å²) < 4.78 is 41.0. The van der Waals surface area contributed by atoms with Crippen molar-refractivity contribution in [1.82, 2.24) is 0 Å². The molecular formula is C46H86O6. The lowest BCUT2D eigenvalue weighted by molar-refractivity contribution is -0.396. The van der Waals surface area contributed by atoms with Gasteiger partial charge in [-0.2, -0.15) is 0 Å². The largest absolute Gasteiger partial charge is 0.327 e. The minimum atomic E-state index is -1.17. The van der Waals surface area contributed by atoms with E-state index in [-0.39, 0.29) is 11.8 Å². The Morgan fingerprint density at radius 3 is 0.846 bits per heavy atom. The van der Waals surface area contributed by atoms with Crippen LogP contribution in [0.3, 0.4) is 0 Å². The molecule has 6 heteroatoms. The Morgan fingerprint density at radius 2 is 0.596 bits per heavy atom. The van der Waals surface area contributed by atoms with Crippen LogP contribution in [0.15, 0.2) is 24.3 Å². The molecule has 0 saturated carbocycles. The summed E-state index contributed by atoms with van der Waals surface area (Å²) in [6, 6.07) is 8.97. The first-order chi connectivity index (χ1) is 25.5. The van der Waals surface area contributed by atoms with Gasteiger partial charge in [-0.15, -0.1) is 0 Å². The molecule has 1 aromatic rings. The zero-order chi connectivity index (χ0) is 38.2. The van der Waals surface area contributed by atoms with E-state index < -0.39 is 11.9 Å². The van der Waals surface area contributed by atoms with Crippen LogP contribution in [0, 0.1) is 0 Å². The van der Waals surface area contributed by atoms with Gasteiger partial charge in [-0.25, -0.2) is 0 Å². The second kappa shape index (κ2) is 32.2. The molecule has 0 N–H and O–H groups in total. The van der Waals surface area contributed by atoms with Crippen molar-refractivity contribution in [2.75, 3.05) is 39.6 Å². The third kappa shape index (κ3) is 18.5. The van der Waals surface area contributed by atoms with Gasteiger partial charge in [-0.1, -0.05) is 170 Å². The normalized spacial score (nSPS) is 13.5. The molecule has 0 aliphatic rings. The van der Waals surface area contributed by atoms with E-state index in [0.29, 0.717) is 39.6 Å². The number of ether oxygens (including phenoxy) is 6. The highest BCUT2D eigenvalue weighted by Gasteiger charge is 2.48. The standard InChI is InChI=1S/C46H86O6/c1-9-17-19-21-23-25-27-33-43(45(47-35-11-3,48-36-12-4)49-37-13-5)41-31-29-30-32-42(41)44(34-28-26-24-22-20-18-10-2)46(50-38-14-6,51-39-15-7)52-40-16-8/h29-32,43-44H,9-28,33-40H2,1-8H3. The lowest BCUT2D eigenvalue weighted by Crippen LogP contribution is -2.48. The smallest absolute Gasteiger partial charge is 0.290 e. The summed E-state index contributed by atoms with van der Waals surface area (Å²) in [6.45, 7) is 21.0. The molecule has 52 heavy (non-hydrogen) atoms. The minimum absolute atomic E-state index is 0.123. The van der Waals surface area contributed by atoms with Crippen LogP contribution in [0.4, 0.5) is 0 Å². The molecule has 6 nitrogen and oxygen atoms in total. The van der Waals surface area contributed by atoms with Crippen LogP contribution >= 0.6 is 0 Å². The Hall–Kier alpha value is -1.02. The van der Waals surface area contributed by atoms with E-state index in [1.807, 2.05) is 0 Å². The summed E-state index contributed by atoms with van der Waals surface area (Å²) >= 11 is 0. The molecule has 1 aromatic carbocycles. The maximum Gasteiger partial charge on any atom is 0.290 e. The lowest BCUT2D eigenvalue weighted by Gasteiger charge is -2.44. The fourth-order valence-electron chi connectivity index (χ4n) is 7.12. The highest BCUT2D eigenvalue weighted by Crippen LogP contribution is 2.47. The van der Waals surface area contributed by atoms with Crippen LogP contribution in [-0.4, -0.2) is 51.6 Å². The van der Waals surface area contributed by atoms with Gasteiger partial charge < -0.3 is 28.4 Å². The molecule has 1 rings (SSSR count). The molecule has 0 saturated heterocycles. The molecule has 0 spiro atoms. The average molecular weight is 735 g/mol. The fraction of sp³-hybridized carbons (Fsp3) is 0.870. The number of benzene rings is 1. The molecular weight excluding hydrogens is 649 g/mol. The summed E-state index contributed by atoms with van der Waals surface area (Å²) in [5.74, 6) is -2.60. The van der Waals surface area contributed by atoms with Crippen molar-refractivity contribution < 1.29 is 28.4 Å². The molecule has 306 valence electrons. The molecule has 0 fully saturated rings. The van der Waals surface area contributed by atoms with E-state index in [9.17, 15) is 0 Å². The van der Waals surface area contributed by atoms with Crippen LogP contribution in [0.2, 0.25) is 0 Å². The van der Waals surface area contributed by atoms with Gasteiger partial charge in [0.1, 0.15) is 0 Å². The highest BCUT2D eigenvalue weighted by molar-refractivity contribution is 5.36. The number of hydrogen-bond donors (Lipinski definition) is 0. The Bertz CT molecular complexity index is 805. The van der Waals surface area contributed by atoms with Gasteiger partial charge in [-0.3, -0.25) is 0 Å². The monoisotopic (exact) mass is 735 g/mol. The third-order valence-corrected chi connectivity index (χ3v) is 9.84. The van der Waals surface area contributed by atoms with Crippen LogP contribution in [-0.2, 0) is 28.4 Å². The fourth-order valence-corrected chi connectivity index (χ4v) is 7.12. The predicted molar refractivity (Wildman–Crippen MR) is 220 cm³/mol. The van der Waals surface area contributed by atoms with Crippen molar-refractivity contribution in [2.45, 2.75) is 220 Å². The van der Waals surface area contributed by atoms with E-state index in [0.717, 1.165) is 64.2 Å². The van der Waals surface area contributed by atoms with Gasteiger partial charge in [-0.05, 0) is 62.5 Å². The molecule has 0 heterocycles. The Morgan fingerprint density at radius 1 is 0.346 bits per heavy atom. The van der Waals surface area contributed by atoms with Crippen molar-refractivity contribution in [2.24, 2.45) is 0 Å². The summed E-state index contributed by atoms with van der Waals surface area (Å²) in [5, 5.41) is 0. The SMILES string of the molecule is CCCCCCCCCC(c1ccccc1C(CCCCCCCCC)C(OCCC)(OCCC)OCCC)C(OCCC)(OCCC)OCCC. The summed E-state index contributed by atoms with van der Waals surface area (Å²) in [4.78, 5) is 0. The zero-order valence-electron chi connectivity index (χ0n) is 35.7. The van der Waals surface area contributed by atoms with Crippen LogP contribution < -0.4 is 0 Å². The first kappa shape index (κ1) is 49.0. The Balaban J connectivity index is 3.90. The third-order valence-electron chi connectivity index (χ3n) is 9.84. The minimum Gasteiger partial charge on any atom is -0.327 e. The number of rotatable bonds is 38. The van der Waals surface area contributed by atoms with E-state index >= 15 is 0 Å². The number of hydrogen-bond acceptors (Lipinski definition) is 6. The molecule has 0 aromatic heterocycles.